The fraction of sp³-hybridized carbons (Fsp3) is 0.636. The van der Waals surface area contributed by atoms with Crippen molar-refractivity contribution in [3.8, 4) is 5.06 Å². The molecule has 1 aliphatic heterocycles. The first-order chi connectivity index (χ1) is 7.52. The van der Waals surface area contributed by atoms with E-state index in [1.54, 1.807) is 18.4 Å². The molecule has 1 aliphatic rings. The average Bonchev–Trinajstić information content (AvgIpc) is 2.85. The highest BCUT2D eigenvalue weighted by molar-refractivity contribution is 7.28. The van der Waals surface area contributed by atoms with E-state index in [9.17, 15) is 0 Å². The third-order valence-electron chi connectivity index (χ3n) is 2.50. The summed E-state index contributed by atoms with van der Waals surface area (Å²) in [6.45, 7) is 8.37. The molecule has 1 aromatic heterocycles. The molecule has 2 heterocycles. The Morgan fingerprint density at radius 3 is 2.44 bits per heavy atom. The maximum atomic E-state index is 5.58. The van der Waals surface area contributed by atoms with E-state index in [4.69, 9.17) is 14.2 Å². The zero-order chi connectivity index (χ0) is 11.8. The highest BCUT2D eigenvalue weighted by Crippen LogP contribution is 2.32. The van der Waals surface area contributed by atoms with Gasteiger partial charge in [-0.25, -0.2) is 0 Å². The van der Waals surface area contributed by atoms with Crippen molar-refractivity contribution < 1.29 is 14.2 Å². The normalized spacial score (nSPS) is 18.0. The van der Waals surface area contributed by atoms with Gasteiger partial charge in [0.1, 0.15) is 0 Å². The Hall–Kier alpha value is -0.363. The maximum absolute atomic E-state index is 5.58. The number of thiophene rings is 1. The summed E-state index contributed by atoms with van der Waals surface area (Å²) in [6.07, 6.45) is -0.179. The lowest BCUT2D eigenvalue weighted by Gasteiger charge is -2.18. The van der Waals surface area contributed by atoms with Crippen LogP contribution in [0.4, 0.5) is 0 Å². The van der Waals surface area contributed by atoms with E-state index in [1.807, 2.05) is 0 Å². The Bertz CT molecular complexity index is 364. The molecule has 2 rings (SSSR count). The number of ether oxygens (including phenoxy) is 3. The lowest BCUT2D eigenvalue weighted by Crippen LogP contribution is -2.38. The second-order valence-electron chi connectivity index (χ2n) is 4.88. The first kappa shape index (κ1) is 12.1. The van der Waals surface area contributed by atoms with Crippen molar-refractivity contribution in [1.82, 2.24) is 0 Å². The molecule has 0 radical (unpaired) electrons. The van der Waals surface area contributed by atoms with Crippen molar-refractivity contribution in [3.05, 3.63) is 11.6 Å². The molecule has 0 unspecified atom stereocenters. The quantitative estimate of drug-likeness (QED) is 0.779. The van der Waals surface area contributed by atoms with E-state index < -0.39 is 8.07 Å². The summed E-state index contributed by atoms with van der Waals surface area (Å²) in [4.78, 5) is 0. The van der Waals surface area contributed by atoms with Gasteiger partial charge in [0.05, 0.1) is 28.4 Å². The summed E-state index contributed by atoms with van der Waals surface area (Å²) in [6, 6.07) is 2.06. The molecular weight excluding hydrogens is 240 g/mol. The minimum atomic E-state index is -1.36. The van der Waals surface area contributed by atoms with Gasteiger partial charge >= 0.3 is 0 Å². The number of methoxy groups -OCH3 is 1. The van der Waals surface area contributed by atoms with Gasteiger partial charge in [-0.3, -0.25) is 0 Å². The van der Waals surface area contributed by atoms with Gasteiger partial charge in [-0.2, -0.15) is 0 Å². The van der Waals surface area contributed by atoms with Gasteiger partial charge in [0.2, 0.25) is 0 Å². The molecule has 0 amide bonds. The molecule has 1 aromatic rings. The van der Waals surface area contributed by atoms with Crippen molar-refractivity contribution >= 4 is 23.9 Å². The molecule has 0 atom stereocenters. The van der Waals surface area contributed by atoms with Crippen molar-refractivity contribution in [2.45, 2.75) is 25.9 Å². The highest BCUT2D eigenvalue weighted by Gasteiger charge is 2.30. The van der Waals surface area contributed by atoms with Crippen molar-refractivity contribution in [3.63, 3.8) is 0 Å². The van der Waals surface area contributed by atoms with Crippen LogP contribution < -0.4 is 9.24 Å². The van der Waals surface area contributed by atoms with Gasteiger partial charge in [0.15, 0.2) is 11.4 Å². The average molecular weight is 258 g/mol. The Morgan fingerprint density at radius 1 is 1.31 bits per heavy atom. The zero-order valence-electron chi connectivity index (χ0n) is 10.2. The van der Waals surface area contributed by atoms with Gasteiger partial charge in [0.25, 0.3) is 0 Å². The van der Waals surface area contributed by atoms with Crippen LogP contribution >= 0.6 is 11.3 Å². The first-order valence-corrected chi connectivity index (χ1v) is 9.75. The molecule has 1 saturated heterocycles. The largest absolute Gasteiger partial charge is 0.487 e. The van der Waals surface area contributed by atoms with E-state index in [-0.39, 0.29) is 6.29 Å². The van der Waals surface area contributed by atoms with Crippen LogP contribution in [-0.2, 0) is 9.47 Å². The number of rotatable bonds is 3. The number of hydrogen-bond acceptors (Lipinski definition) is 4. The predicted molar refractivity (Wildman–Crippen MR) is 68.5 cm³/mol. The third kappa shape index (κ3) is 2.32. The molecule has 16 heavy (non-hydrogen) atoms. The second-order valence-corrected chi connectivity index (χ2v) is 11.3. The van der Waals surface area contributed by atoms with Crippen LogP contribution in [0.1, 0.15) is 11.9 Å². The molecule has 0 saturated carbocycles. The van der Waals surface area contributed by atoms with Gasteiger partial charge < -0.3 is 14.2 Å². The van der Waals surface area contributed by atoms with E-state index in [1.165, 1.54) is 10.1 Å². The summed E-state index contributed by atoms with van der Waals surface area (Å²) in [5.41, 5.74) is 1.18. The van der Waals surface area contributed by atoms with E-state index in [2.05, 4.69) is 25.7 Å². The summed E-state index contributed by atoms with van der Waals surface area (Å²) >= 11 is 1.73. The summed E-state index contributed by atoms with van der Waals surface area (Å²) in [5.74, 6) is 0. The Labute approximate surface area is 101 Å². The minimum Gasteiger partial charge on any atom is -0.487 e. The Balaban J connectivity index is 2.37. The number of hydrogen-bond donors (Lipinski definition) is 0. The van der Waals surface area contributed by atoms with Gasteiger partial charge in [0, 0.05) is 10.1 Å². The van der Waals surface area contributed by atoms with Crippen LogP contribution in [0.3, 0.4) is 0 Å². The predicted octanol–water partition coefficient (Wildman–Crippen LogP) is 2.35. The van der Waals surface area contributed by atoms with Crippen molar-refractivity contribution in [2.75, 3.05) is 20.3 Å². The van der Waals surface area contributed by atoms with Crippen molar-refractivity contribution in [2.24, 2.45) is 0 Å². The fourth-order valence-corrected chi connectivity index (χ4v) is 5.11. The zero-order valence-corrected chi connectivity index (χ0v) is 12.0. The highest BCUT2D eigenvalue weighted by atomic mass is 32.1. The van der Waals surface area contributed by atoms with Crippen LogP contribution in [0.2, 0.25) is 19.6 Å². The smallest absolute Gasteiger partial charge is 0.184 e. The monoisotopic (exact) mass is 258 g/mol. The topological polar surface area (TPSA) is 27.7 Å². The van der Waals surface area contributed by atoms with Crippen LogP contribution in [0.25, 0.3) is 0 Å². The molecule has 3 nitrogen and oxygen atoms in total. The van der Waals surface area contributed by atoms with Gasteiger partial charge in [-0.15, -0.1) is 11.3 Å². The first-order valence-electron chi connectivity index (χ1n) is 5.44. The summed E-state index contributed by atoms with van der Waals surface area (Å²) in [5, 5.41) is 0.950. The summed E-state index contributed by atoms with van der Waals surface area (Å²) < 4.78 is 17.9. The van der Waals surface area contributed by atoms with Gasteiger partial charge in [-0.05, 0) is 6.07 Å². The Morgan fingerprint density at radius 2 is 1.94 bits per heavy atom. The van der Waals surface area contributed by atoms with Crippen LogP contribution in [-0.4, -0.2) is 28.4 Å². The standard InChI is InChI=1S/C11H18O3SSi/c1-12-9-7-8(10-13-5-6-14-10)11(15-9)16(2,3)4/h7,10H,5-6H2,1-4H3. The summed E-state index contributed by atoms with van der Waals surface area (Å²) in [7, 11) is 0.346. The van der Waals surface area contributed by atoms with E-state index in [0.29, 0.717) is 13.2 Å². The lowest BCUT2D eigenvalue weighted by atomic mass is 10.3. The molecule has 1 fully saturated rings. The lowest BCUT2D eigenvalue weighted by molar-refractivity contribution is -0.0432. The molecule has 0 bridgehead atoms. The van der Waals surface area contributed by atoms with E-state index in [0.717, 1.165) is 5.06 Å². The molecule has 0 aliphatic carbocycles. The molecule has 5 heteroatoms. The van der Waals surface area contributed by atoms with Crippen LogP contribution in [0, 0.1) is 0 Å². The maximum Gasteiger partial charge on any atom is 0.184 e. The molecule has 0 spiro atoms. The molecule has 0 N–H and O–H groups in total. The Kier molecular flexibility index (Phi) is 3.39. The van der Waals surface area contributed by atoms with Crippen LogP contribution in [0.5, 0.6) is 5.06 Å². The molecule has 90 valence electrons. The second kappa shape index (κ2) is 4.48. The molecular formula is C11H18O3SSi. The minimum absolute atomic E-state index is 0.179. The van der Waals surface area contributed by atoms with Crippen molar-refractivity contribution in [1.29, 1.82) is 0 Å². The van der Waals surface area contributed by atoms with Crippen LogP contribution in [0.15, 0.2) is 6.07 Å². The van der Waals surface area contributed by atoms with Gasteiger partial charge in [-0.1, -0.05) is 19.6 Å². The molecule has 0 aromatic carbocycles. The SMILES string of the molecule is COc1cc(C2OCCO2)c([Si](C)(C)C)s1. The fourth-order valence-electron chi connectivity index (χ4n) is 1.78. The van der Waals surface area contributed by atoms with E-state index >= 15 is 0 Å². The third-order valence-corrected chi connectivity index (χ3v) is 7.22.